The van der Waals surface area contributed by atoms with Gasteiger partial charge in [0.05, 0.1) is 30.9 Å². The van der Waals surface area contributed by atoms with Gasteiger partial charge in [0, 0.05) is 10.6 Å². The molecule has 2 aromatic carbocycles. The van der Waals surface area contributed by atoms with Crippen molar-refractivity contribution >= 4 is 45.9 Å². The first kappa shape index (κ1) is 28.6. The van der Waals surface area contributed by atoms with E-state index < -0.39 is 5.97 Å². The van der Waals surface area contributed by atoms with Crippen LogP contribution < -0.4 is 10.6 Å². The molecule has 0 fully saturated rings. The van der Waals surface area contributed by atoms with Crippen LogP contribution in [0.2, 0.25) is 0 Å². The minimum absolute atomic E-state index is 0.0646. The fraction of sp³-hybridized carbons (Fsp3) is 0.300. The van der Waals surface area contributed by atoms with E-state index in [-0.39, 0.29) is 37.1 Å². The van der Waals surface area contributed by atoms with Gasteiger partial charge >= 0.3 is 5.97 Å². The predicted octanol–water partition coefficient (Wildman–Crippen LogP) is 4.89. The summed E-state index contributed by atoms with van der Waals surface area (Å²) in [5, 5.41) is 15.6. The smallest absolute Gasteiger partial charge is 0.341 e. The molecule has 5 rings (SSSR count). The number of thioether (sulfide) groups is 1. The van der Waals surface area contributed by atoms with Gasteiger partial charge < -0.3 is 15.4 Å². The number of carbonyl (C=O) groups excluding carboxylic acids is 3. The first-order valence-corrected chi connectivity index (χ1v) is 15.3. The van der Waals surface area contributed by atoms with E-state index >= 15 is 0 Å². The number of thiophene rings is 1. The molecule has 1 aliphatic carbocycles. The fourth-order valence-electron chi connectivity index (χ4n) is 4.76. The molecule has 2 N–H and O–H groups in total. The number of nitrogens with zero attached hydrogens (tertiary/aromatic N) is 3. The van der Waals surface area contributed by atoms with E-state index in [9.17, 15) is 14.4 Å². The molecule has 0 unspecified atom stereocenters. The van der Waals surface area contributed by atoms with Crippen molar-refractivity contribution in [3.8, 4) is 5.69 Å². The normalized spacial score (nSPS) is 12.1. The molecule has 2 heterocycles. The van der Waals surface area contributed by atoms with Crippen LogP contribution in [0, 0.1) is 6.92 Å². The Labute approximate surface area is 246 Å². The number of anilines is 1. The van der Waals surface area contributed by atoms with Crippen LogP contribution in [0.4, 0.5) is 5.00 Å². The van der Waals surface area contributed by atoms with Gasteiger partial charge in [0.2, 0.25) is 11.8 Å². The summed E-state index contributed by atoms with van der Waals surface area (Å²) in [4.78, 5) is 39.4. The van der Waals surface area contributed by atoms with Crippen molar-refractivity contribution in [3.63, 3.8) is 0 Å². The molecule has 0 bridgehead atoms. The van der Waals surface area contributed by atoms with Crippen LogP contribution in [0.1, 0.15) is 51.1 Å². The van der Waals surface area contributed by atoms with Gasteiger partial charge in [-0.25, -0.2) is 4.79 Å². The van der Waals surface area contributed by atoms with Crippen LogP contribution in [-0.2, 0) is 40.1 Å². The van der Waals surface area contributed by atoms with E-state index in [1.807, 2.05) is 66.1 Å². The van der Waals surface area contributed by atoms with Gasteiger partial charge in [-0.2, -0.15) is 0 Å². The minimum atomic E-state index is -0.395. The summed E-state index contributed by atoms with van der Waals surface area (Å²) < 4.78 is 7.13. The molecule has 9 nitrogen and oxygen atoms in total. The maximum absolute atomic E-state index is 13.1. The van der Waals surface area contributed by atoms with Crippen LogP contribution in [0.25, 0.3) is 5.69 Å². The van der Waals surface area contributed by atoms with Crippen LogP contribution >= 0.6 is 23.1 Å². The van der Waals surface area contributed by atoms with Gasteiger partial charge in [0.25, 0.3) is 0 Å². The summed E-state index contributed by atoms with van der Waals surface area (Å²) in [5.74, 6) is -0.150. The van der Waals surface area contributed by atoms with Gasteiger partial charge in [-0.15, -0.1) is 21.5 Å². The summed E-state index contributed by atoms with van der Waals surface area (Å²) in [7, 11) is 0. The average Bonchev–Trinajstić information content (AvgIpc) is 3.66. The SMILES string of the molecule is CCOC(=O)c1c(NC(=O)CSc2nnc(CNC(=O)Cc3ccccc3)n2-c2cccc(C)c2)sc2c1CCC2. The molecule has 0 saturated carbocycles. The van der Waals surface area contributed by atoms with Crippen LogP contribution in [0.15, 0.2) is 59.8 Å². The number of benzene rings is 2. The number of esters is 1. The van der Waals surface area contributed by atoms with Crippen molar-refractivity contribution in [1.82, 2.24) is 20.1 Å². The highest BCUT2D eigenvalue weighted by molar-refractivity contribution is 7.99. The number of fused-ring (bicyclic) bond motifs is 1. The minimum Gasteiger partial charge on any atom is -0.462 e. The Balaban J connectivity index is 1.30. The number of hydrogen-bond donors (Lipinski definition) is 2. The molecule has 0 atom stereocenters. The zero-order valence-electron chi connectivity index (χ0n) is 22.9. The Bertz CT molecular complexity index is 1560. The van der Waals surface area contributed by atoms with Crippen molar-refractivity contribution in [3.05, 3.63) is 87.6 Å². The maximum Gasteiger partial charge on any atom is 0.341 e. The first-order valence-electron chi connectivity index (χ1n) is 13.5. The van der Waals surface area contributed by atoms with E-state index in [2.05, 4.69) is 20.8 Å². The molecule has 0 aliphatic heterocycles. The lowest BCUT2D eigenvalue weighted by Crippen LogP contribution is -2.26. The maximum atomic E-state index is 13.1. The standard InChI is InChI=1S/C30H31N5O4S2/c1-3-39-29(38)27-22-13-8-14-23(22)41-28(27)32-26(37)18-40-30-34-33-24(35(30)21-12-7-9-19(2)15-21)17-31-25(36)16-20-10-5-4-6-11-20/h4-7,9-12,15H,3,8,13-14,16-18H2,1-2H3,(H,31,36)(H,32,37). The van der Waals surface area contributed by atoms with Crippen LogP contribution in [0.3, 0.4) is 0 Å². The van der Waals surface area contributed by atoms with Crippen molar-refractivity contribution in [2.45, 2.75) is 51.2 Å². The average molecular weight is 590 g/mol. The number of aryl methyl sites for hydroxylation is 2. The highest BCUT2D eigenvalue weighted by atomic mass is 32.2. The van der Waals surface area contributed by atoms with Gasteiger partial charge in [-0.05, 0) is 61.9 Å². The Hall–Kier alpha value is -3.96. The van der Waals surface area contributed by atoms with E-state index in [0.29, 0.717) is 21.5 Å². The molecule has 11 heteroatoms. The third-order valence-corrected chi connectivity index (χ3v) is 8.73. The topological polar surface area (TPSA) is 115 Å². The molecule has 212 valence electrons. The molecule has 0 radical (unpaired) electrons. The summed E-state index contributed by atoms with van der Waals surface area (Å²) >= 11 is 2.69. The predicted molar refractivity (Wildman–Crippen MR) is 160 cm³/mol. The summed E-state index contributed by atoms with van der Waals surface area (Å²) in [5.41, 5.74) is 4.30. The van der Waals surface area contributed by atoms with Crippen LogP contribution in [-0.4, -0.2) is 44.9 Å². The quantitative estimate of drug-likeness (QED) is 0.189. The second-order valence-corrected chi connectivity index (χ2v) is 11.7. The third kappa shape index (κ3) is 6.86. The van der Waals surface area contributed by atoms with E-state index in [1.165, 1.54) is 23.1 Å². The molecule has 0 saturated heterocycles. The highest BCUT2D eigenvalue weighted by Crippen LogP contribution is 2.39. The van der Waals surface area contributed by atoms with Crippen molar-refractivity contribution in [1.29, 1.82) is 0 Å². The lowest BCUT2D eigenvalue weighted by molar-refractivity contribution is -0.120. The first-order chi connectivity index (χ1) is 19.9. The molecular weight excluding hydrogens is 558 g/mol. The second-order valence-electron chi connectivity index (χ2n) is 9.63. The molecule has 2 amide bonds. The van der Waals surface area contributed by atoms with Crippen molar-refractivity contribution in [2.75, 3.05) is 17.7 Å². The monoisotopic (exact) mass is 589 g/mol. The molecular formula is C30H31N5O4S2. The van der Waals surface area contributed by atoms with E-state index in [1.54, 1.807) is 6.92 Å². The Morgan fingerprint density at radius 1 is 1.05 bits per heavy atom. The second kappa shape index (κ2) is 13.1. The summed E-state index contributed by atoms with van der Waals surface area (Å²) in [6.45, 7) is 4.22. The number of carbonyl (C=O) groups is 3. The Morgan fingerprint density at radius 3 is 2.66 bits per heavy atom. The van der Waals surface area contributed by atoms with Gasteiger partial charge in [-0.3, -0.25) is 14.2 Å². The van der Waals surface area contributed by atoms with E-state index in [0.717, 1.165) is 46.5 Å². The molecule has 4 aromatic rings. The zero-order chi connectivity index (χ0) is 28.8. The largest absolute Gasteiger partial charge is 0.462 e. The number of amides is 2. The van der Waals surface area contributed by atoms with Gasteiger partial charge in [-0.1, -0.05) is 54.2 Å². The number of rotatable bonds is 11. The lowest BCUT2D eigenvalue weighted by Gasteiger charge is -2.12. The molecule has 1 aliphatic rings. The molecule has 0 spiro atoms. The number of nitrogens with one attached hydrogen (secondary N) is 2. The molecule has 2 aromatic heterocycles. The number of aromatic nitrogens is 3. The highest BCUT2D eigenvalue weighted by Gasteiger charge is 2.28. The summed E-state index contributed by atoms with van der Waals surface area (Å²) in [6.07, 6.45) is 2.98. The van der Waals surface area contributed by atoms with E-state index in [4.69, 9.17) is 4.74 Å². The lowest BCUT2D eigenvalue weighted by atomic mass is 10.1. The summed E-state index contributed by atoms with van der Waals surface area (Å²) in [6, 6.07) is 17.4. The van der Waals surface area contributed by atoms with Crippen molar-refractivity contribution < 1.29 is 19.1 Å². The number of ether oxygens (including phenoxy) is 1. The fourth-order valence-corrected chi connectivity index (χ4v) is 6.82. The third-order valence-electron chi connectivity index (χ3n) is 6.60. The van der Waals surface area contributed by atoms with Gasteiger partial charge in [0.15, 0.2) is 11.0 Å². The van der Waals surface area contributed by atoms with Gasteiger partial charge in [0.1, 0.15) is 5.00 Å². The Kier molecular flexibility index (Phi) is 9.15. The van der Waals surface area contributed by atoms with Crippen LogP contribution in [0.5, 0.6) is 0 Å². The molecule has 41 heavy (non-hydrogen) atoms. The number of hydrogen-bond acceptors (Lipinski definition) is 8. The Morgan fingerprint density at radius 2 is 1.88 bits per heavy atom. The van der Waals surface area contributed by atoms with Crippen molar-refractivity contribution in [2.24, 2.45) is 0 Å². The zero-order valence-corrected chi connectivity index (χ0v) is 24.6.